The third kappa shape index (κ3) is 3.21. The number of esters is 1. The third-order valence-corrected chi connectivity index (χ3v) is 2.42. The number of rotatable bonds is 4. The Kier molecular flexibility index (Phi) is 4.67. The van der Waals surface area contributed by atoms with E-state index in [4.69, 9.17) is 16.3 Å². The normalized spacial score (nSPS) is 10.4. The standard InChI is InChI=1S/C11H10ClNO5/c1-17-10-6-8(12)7(3-4-11(14)18-2)5-9(10)13(15)16/h3-6H,1-2H3. The van der Waals surface area contributed by atoms with Crippen molar-refractivity contribution in [1.82, 2.24) is 0 Å². The second-order valence-corrected chi connectivity index (χ2v) is 3.57. The molecule has 0 aliphatic heterocycles. The van der Waals surface area contributed by atoms with Crippen LogP contribution >= 0.6 is 11.6 Å². The Morgan fingerprint density at radius 2 is 2.11 bits per heavy atom. The number of nitrogens with zero attached hydrogens (tertiary/aromatic N) is 1. The van der Waals surface area contributed by atoms with Crippen LogP contribution in [-0.4, -0.2) is 25.1 Å². The fourth-order valence-corrected chi connectivity index (χ4v) is 1.44. The molecule has 6 nitrogen and oxygen atoms in total. The third-order valence-electron chi connectivity index (χ3n) is 2.10. The molecule has 1 aromatic carbocycles. The average molecular weight is 272 g/mol. The van der Waals surface area contributed by atoms with E-state index in [9.17, 15) is 14.9 Å². The molecule has 0 saturated carbocycles. The summed E-state index contributed by atoms with van der Waals surface area (Å²) < 4.78 is 9.25. The summed E-state index contributed by atoms with van der Waals surface area (Å²) in [4.78, 5) is 21.1. The Morgan fingerprint density at radius 1 is 1.44 bits per heavy atom. The predicted octanol–water partition coefficient (Wildman–Crippen LogP) is 2.44. The topological polar surface area (TPSA) is 78.7 Å². The van der Waals surface area contributed by atoms with Gasteiger partial charge >= 0.3 is 11.7 Å². The Balaban J connectivity index is 3.21. The van der Waals surface area contributed by atoms with Gasteiger partial charge in [0, 0.05) is 23.8 Å². The van der Waals surface area contributed by atoms with Gasteiger partial charge in [0.1, 0.15) is 0 Å². The molecule has 96 valence electrons. The van der Waals surface area contributed by atoms with Gasteiger partial charge in [-0.05, 0) is 6.08 Å². The van der Waals surface area contributed by atoms with Crippen LogP contribution in [0.3, 0.4) is 0 Å². The van der Waals surface area contributed by atoms with Crippen LogP contribution in [0.5, 0.6) is 5.75 Å². The van der Waals surface area contributed by atoms with Crippen LogP contribution in [0, 0.1) is 10.1 Å². The van der Waals surface area contributed by atoms with Gasteiger partial charge in [-0.1, -0.05) is 11.6 Å². The summed E-state index contributed by atoms with van der Waals surface area (Å²) in [5.74, 6) is -0.523. The van der Waals surface area contributed by atoms with E-state index in [0.29, 0.717) is 5.56 Å². The lowest BCUT2D eigenvalue weighted by Gasteiger charge is -2.04. The lowest BCUT2D eigenvalue weighted by molar-refractivity contribution is -0.385. The van der Waals surface area contributed by atoms with Crippen molar-refractivity contribution in [3.63, 3.8) is 0 Å². The van der Waals surface area contributed by atoms with E-state index in [1.54, 1.807) is 0 Å². The molecule has 7 heteroatoms. The number of methoxy groups -OCH3 is 2. The summed E-state index contributed by atoms with van der Waals surface area (Å²) in [6, 6.07) is 2.54. The molecule has 0 aliphatic rings. The van der Waals surface area contributed by atoms with Crippen molar-refractivity contribution < 1.29 is 19.2 Å². The van der Waals surface area contributed by atoms with E-state index in [1.165, 1.54) is 32.4 Å². The van der Waals surface area contributed by atoms with Crippen molar-refractivity contribution in [2.75, 3.05) is 14.2 Å². The molecule has 0 unspecified atom stereocenters. The molecule has 0 amide bonds. The Labute approximate surface area is 108 Å². The number of carbonyl (C=O) groups excluding carboxylic acids is 1. The maximum Gasteiger partial charge on any atom is 0.330 e. The smallest absolute Gasteiger partial charge is 0.330 e. The molecule has 1 aromatic rings. The molecule has 18 heavy (non-hydrogen) atoms. The van der Waals surface area contributed by atoms with Crippen LogP contribution in [-0.2, 0) is 9.53 Å². The summed E-state index contributed by atoms with van der Waals surface area (Å²) >= 11 is 5.91. The molecule has 0 heterocycles. The first kappa shape index (κ1) is 14.0. The second kappa shape index (κ2) is 6.02. The van der Waals surface area contributed by atoms with Gasteiger partial charge in [-0.2, -0.15) is 0 Å². The van der Waals surface area contributed by atoms with Crippen molar-refractivity contribution in [2.24, 2.45) is 0 Å². The molecule has 0 aliphatic carbocycles. The highest BCUT2D eigenvalue weighted by atomic mass is 35.5. The molecule has 0 bridgehead atoms. The van der Waals surface area contributed by atoms with E-state index in [-0.39, 0.29) is 16.5 Å². The van der Waals surface area contributed by atoms with E-state index in [2.05, 4.69) is 4.74 Å². The van der Waals surface area contributed by atoms with Crippen molar-refractivity contribution in [3.05, 3.63) is 38.9 Å². The summed E-state index contributed by atoms with van der Waals surface area (Å²) in [5.41, 5.74) is 0.0981. The summed E-state index contributed by atoms with van der Waals surface area (Å²) in [6.07, 6.45) is 2.46. The summed E-state index contributed by atoms with van der Waals surface area (Å²) in [6.45, 7) is 0. The zero-order valence-corrected chi connectivity index (χ0v) is 10.4. The largest absolute Gasteiger partial charge is 0.490 e. The van der Waals surface area contributed by atoms with Gasteiger partial charge in [0.25, 0.3) is 0 Å². The van der Waals surface area contributed by atoms with Crippen LogP contribution in [0.25, 0.3) is 6.08 Å². The molecular weight excluding hydrogens is 262 g/mol. The molecule has 0 aromatic heterocycles. The summed E-state index contributed by atoms with van der Waals surface area (Å²) in [7, 11) is 2.54. The lowest BCUT2D eigenvalue weighted by atomic mass is 10.1. The van der Waals surface area contributed by atoms with Crippen LogP contribution < -0.4 is 4.74 Å². The van der Waals surface area contributed by atoms with E-state index in [0.717, 1.165) is 6.08 Å². The van der Waals surface area contributed by atoms with Crippen molar-refractivity contribution in [3.8, 4) is 5.75 Å². The van der Waals surface area contributed by atoms with Crippen molar-refractivity contribution in [1.29, 1.82) is 0 Å². The van der Waals surface area contributed by atoms with Crippen LogP contribution in [0.4, 0.5) is 5.69 Å². The zero-order chi connectivity index (χ0) is 13.7. The monoisotopic (exact) mass is 271 g/mol. The second-order valence-electron chi connectivity index (χ2n) is 3.16. The van der Waals surface area contributed by atoms with Crippen LogP contribution in [0.15, 0.2) is 18.2 Å². The number of hydrogen-bond acceptors (Lipinski definition) is 5. The van der Waals surface area contributed by atoms with Gasteiger partial charge in [0.15, 0.2) is 5.75 Å². The first-order chi connectivity index (χ1) is 8.49. The fraction of sp³-hybridized carbons (Fsp3) is 0.182. The highest BCUT2D eigenvalue weighted by Crippen LogP contribution is 2.33. The van der Waals surface area contributed by atoms with Crippen molar-refractivity contribution >= 4 is 29.3 Å². The molecule has 0 N–H and O–H groups in total. The van der Waals surface area contributed by atoms with Crippen molar-refractivity contribution in [2.45, 2.75) is 0 Å². The maximum atomic E-state index is 10.9. The summed E-state index contributed by atoms with van der Waals surface area (Å²) in [5, 5.41) is 11.0. The van der Waals surface area contributed by atoms with E-state index in [1.807, 2.05) is 0 Å². The minimum Gasteiger partial charge on any atom is -0.490 e. The molecular formula is C11H10ClNO5. The highest BCUT2D eigenvalue weighted by Gasteiger charge is 2.17. The lowest BCUT2D eigenvalue weighted by Crippen LogP contribution is -1.96. The Morgan fingerprint density at radius 3 is 2.61 bits per heavy atom. The first-order valence-corrected chi connectivity index (χ1v) is 5.15. The van der Waals surface area contributed by atoms with Crippen LogP contribution in [0.2, 0.25) is 5.02 Å². The molecule has 1 rings (SSSR count). The number of hydrogen-bond donors (Lipinski definition) is 0. The zero-order valence-electron chi connectivity index (χ0n) is 9.68. The maximum absolute atomic E-state index is 10.9. The SMILES string of the molecule is COC(=O)C=Cc1cc([N+](=O)[O-])c(OC)cc1Cl. The first-order valence-electron chi connectivity index (χ1n) is 4.77. The minimum absolute atomic E-state index is 0.0558. The fourth-order valence-electron chi connectivity index (χ4n) is 1.22. The number of ether oxygens (including phenoxy) is 2. The van der Waals surface area contributed by atoms with Crippen LogP contribution in [0.1, 0.15) is 5.56 Å². The van der Waals surface area contributed by atoms with Gasteiger partial charge in [-0.15, -0.1) is 0 Å². The number of benzene rings is 1. The van der Waals surface area contributed by atoms with Gasteiger partial charge in [-0.3, -0.25) is 10.1 Å². The Bertz CT molecular complexity index is 512. The molecule has 0 fully saturated rings. The number of carbonyl (C=O) groups is 1. The average Bonchev–Trinajstić information content (AvgIpc) is 2.35. The number of halogens is 1. The minimum atomic E-state index is -0.593. The quantitative estimate of drug-likeness (QED) is 0.364. The highest BCUT2D eigenvalue weighted by molar-refractivity contribution is 6.32. The van der Waals surface area contributed by atoms with Gasteiger partial charge in [0.2, 0.25) is 0 Å². The van der Waals surface area contributed by atoms with Gasteiger partial charge < -0.3 is 9.47 Å². The molecule has 0 radical (unpaired) electrons. The van der Waals surface area contributed by atoms with E-state index < -0.39 is 10.9 Å². The number of nitro benzene ring substituents is 1. The predicted molar refractivity (Wildman–Crippen MR) is 65.7 cm³/mol. The molecule has 0 saturated heterocycles. The van der Waals surface area contributed by atoms with E-state index >= 15 is 0 Å². The molecule has 0 spiro atoms. The Hall–Kier alpha value is -2.08. The number of nitro groups is 1. The van der Waals surface area contributed by atoms with Gasteiger partial charge in [-0.25, -0.2) is 4.79 Å². The molecule has 0 atom stereocenters. The van der Waals surface area contributed by atoms with Gasteiger partial charge in [0.05, 0.1) is 24.2 Å².